The maximum absolute atomic E-state index is 9.54. The van der Waals surface area contributed by atoms with Gasteiger partial charge in [-0.05, 0) is 60.7 Å². The molecule has 0 spiro atoms. The second kappa shape index (κ2) is 10.7. The Morgan fingerprint density at radius 3 is 2.72 bits per heavy atom. The minimum atomic E-state index is 0.501. The number of nitrogens with one attached hydrogen (secondary N) is 2. The monoisotopic (exact) mass is 429 g/mol. The Morgan fingerprint density at radius 2 is 1.97 bits per heavy atom. The highest BCUT2D eigenvalue weighted by atomic mass is 16.5. The lowest BCUT2D eigenvalue weighted by atomic mass is 10.1. The van der Waals surface area contributed by atoms with Gasteiger partial charge in [0, 0.05) is 37.6 Å². The summed E-state index contributed by atoms with van der Waals surface area (Å²) in [6.07, 6.45) is 4.14. The fourth-order valence-corrected chi connectivity index (χ4v) is 3.22. The molecule has 3 aromatic rings. The van der Waals surface area contributed by atoms with Crippen LogP contribution in [0.5, 0.6) is 5.75 Å². The van der Waals surface area contributed by atoms with E-state index in [0.29, 0.717) is 36.4 Å². The topological polar surface area (TPSA) is 92.1 Å². The number of methoxy groups -OCH3 is 1. The van der Waals surface area contributed by atoms with Crippen molar-refractivity contribution in [3.8, 4) is 23.1 Å². The standard InChI is InChI=1S/C25H27N5O2/c1-31-13-12-27-16-18-4-7-22(8-5-18)29-25-28-11-10-23(30-25)20-6-9-24(21(14-20)15-26)32-17-19-2-3-19/h4-11,14,19,27H,2-3,12-13,16-17H2,1H3,(H,28,29,30). The fourth-order valence-electron chi connectivity index (χ4n) is 3.22. The van der Waals surface area contributed by atoms with Crippen LogP contribution in [0.1, 0.15) is 24.0 Å². The van der Waals surface area contributed by atoms with Crippen LogP contribution in [-0.4, -0.2) is 36.8 Å². The average Bonchev–Trinajstić information content (AvgIpc) is 3.66. The van der Waals surface area contributed by atoms with Crippen LogP contribution >= 0.6 is 0 Å². The lowest BCUT2D eigenvalue weighted by molar-refractivity contribution is 0.199. The zero-order valence-electron chi connectivity index (χ0n) is 18.2. The van der Waals surface area contributed by atoms with Crippen LogP contribution in [0.4, 0.5) is 11.6 Å². The zero-order valence-corrected chi connectivity index (χ0v) is 18.2. The summed E-state index contributed by atoms with van der Waals surface area (Å²) in [5, 5.41) is 16.1. The first kappa shape index (κ1) is 21.8. The molecule has 0 amide bonds. The SMILES string of the molecule is COCCNCc1ccc(Nc2nccc(-c3ccc(OCC4CC4)c(C#N)c3)n2)cc1. The number of hydrogen-bond acceptors (Lipinski definition) is 7. The molecule has 32 heavy (non-hydrogen) atoms. The van der Waals surface area contributed by atoms with Crippen molar-refractivity contribution in [2.45, 2.75) is 19.4 Å². The third-order valence-corrected chi connectivity index (χ3v) is 5.24. The van der Waals surface area contributed by atoms with Crippen LogP contribution < -0.4 is 15.4 Å². The maximum atomic E-state index is 9.54. The van der Waals surface area contributed by atoms with E-state index in [1.54, 1.807) is 13.3 Å². The summed E-state index contributed by atoms with van der Waals surface area (Å²) in [6.45, 7) is 2.98. The van der Waals surface area contributed by atoms with Crippen molar-refractivity contribution in [1.29, 1.82) is 5.26 Å². The van der Waals surface area contributed by atoms with Gasteiger partial charge in [-0.25, -0.2) is 9.97 Å². The Hall–Kier alpha value is -3.47. The Balaban J connectivity index is 1.41. The molecule has 0 bridgehead atoms. The predicted octanol–water partition coefficient (Wildman–Crippen LogP) is 4.28. The molecule has 1 aliphatic carbocycles. The molecule has 0 atom stereocenters. The van der Waals surface area contributed by atoms with Crippen LogP contribution in [0.3, 0.4) is 0 Å². The van der Waals surface area contributed by atoms with Gasteiger partial charge in [-0.15, -0.1) is 0 Å². The van der Waals surface area contributed by atoms with Crippen molar-refractivity contribution >= 4 is 11.6 Å². The molecule has 0 unspecified atom stereocenters. The Bertz CT molecular complexity index is 1070. The second-order valence-electron chi connectivity index (χ2n) is 7.83. The summed E-state index contributed by atoms with van der Waals surface area (Å²) in [5.74, 6) is 1.77. The molecule has 1 saturated carbocycles. The number of nitriles is 1. The van der Waals surface area contributed by atoms with Gasteiger partial charge in [0.05, 0.1) is 24.5 Å². The van der Waals surface area contributed by atoms with Gasteiger partial charge in [0.2, 0.25) is 5.95 Å². The lowest BCUT2D eigenvalue weighted by Crippen LogP contribution is -2.18. The van der Waals surface area contributed by atoms with E-state index in [2.05, 4.69) is 38.8 Å². The normalized spacial score (nSPS) is 12.9. The minimum absolute atomic E-state index is 0.501. The maximum Gasteiger partial charge on any atom is 0.227 e. The lowest BCUT2D eigenvalue weighted by Gasteiger charge is -2.10. The highest BCUT2D eigenvalue weighted by Gasteiger charge is 2.22. The van der Waals surface area contributed by atoms with Crippen LogP contribution in [0, 0.1) is 17.2 Å². The van der Waals surface area contributed by atoms with Gasteiger partial charge in [0.25, 0.3) is 0 Å². The van der Waals surface area contributed by atoms with E-state index in [9.17, 15) is 5.26 Å². The third-order valence-electron chi connectivity index (χ3n) is 5.24. The first-order valence-electron chi connectivity index (χ1n) is 10.8. The summed E-state index contributed by atoms with van der Waals surface area (Å²) < 4.78 is 10.9. The highest BCUT2D eigenvalue weighted by Crippen LogP contribution is 2.31. The van der Waals surface area contributed by atoms with E-state index in [1.165, 1.54) is 18.4 Å². The number of hydrogen-bond donors (Lipinski definition) is 2. The van der Waals surface area contributed by atoms with E-state index >= 15 is 0 Å². The second-order valence-corrected chi connectivity index (χ2v) is 7.83. The summed E-state index contributed by atoms with van der Waals surface area (Å²) in [4.78, 5) is 8.95. The van der Waals surface area contributed by atoms with Gasteiger partial charge in [0.1, 0.15) is 11.8 Å². The first-order valence-corrected chi connectivity index (χ1v) is 10.8. The molecule has 0 radical (unpaired) electrons. The van der Waals surface area contributed by atoms with E-state index in [1.807, 2.05) is 36.4 Å². The van der Waals surface area contributed by atoms with E-state index in [-0.39, 0.29) is 0 Å². The average molecular weight is 430 g/mol. The largest absolute Gasteiger partial charge is 0.492 e. The molecule has 0 aliphatic heterocycles. The van der Waals surface area contributed by atoms with Gasteiger partial charge in [-0.3, -0.25) is 0 Å². The first-order chi connectivity index (χ1) is 15.7. The molecule has 2 N–H and O–H groups in total. The van der Waals surface area contributed by atoms with Gasteiger partial charge in [-0.2, -0.15) is 5.26 Å². The minimum Gasteiger partial charge on any atom is -0.492 e. The summed E-state index contributed by atoms with van der Waals surface area (Å²) >= 11 is 0. The molecule has 0 saturated heterocycles. The molecule has 7 heteroatoms. The van der Waals surface area contributed by atoms with Gasteiger partial charge in [0.15, 0.2) is 0 Å². The summed E-state index contributed by atoms with van der Waals surface area (Å²) in [7, 11) is 1.70. The third kappa shape index (κ3) is 6.03. The summed E-state index contributed by atoms with van der Waals surface area (Å²) in [5.41, 5.74) is 4.21. The molecule has 1 fully saturated rings. The Kier molecular flexibility index (Phi) is 7.28. The van der Waals surface area contributed by atoms with Crippen LogP contribution in [-0.2, 0) is 11.3 Å². The smallest absolute Gasteiger partial charge is 0.227 e. The number of rotatable bonds is 11. The number of aromatic nitrogens is 2. The molecule has 1 aliphatic rings. The quantitative estimate of drug-likeness (QED) is 0.440. The molecule has 7 nitrogen and oxygen atoms in total. The Morgan fingerprint density at radius 1 is 1.12 bits per heavy atom. The van der Waals surface area contributed by atoms with Crippen molar-refractivity contribution in [3.05, 3.63) is 65.9 Å². The van der Waals surface area contributed by atoms with E-state index < -0.39 is 0 Å². The van der Waals surface area contributed by atoms with Crippen molar-refractivity contribution in [3.63, 3.8) is 0 Å². The van der Waals surface area contributed by atoms with Crippen molar-refractivity contribution < 1.29 is 9.47 Å². The Labute approximate surface area is 188 Å². The van der Waals surface area contributed by atoms with Crippen molar-refractivity contribution in [2.75, 3.05) is 32.2 Å². The van der Waals surface area contributed by atoms with Crippen molar-refractivity contribution in [2.24, 2.45) is 5.92 Å². The van der Waals surface area contributed by atoms with Gasteiger partial charge >= 0.3 is 0 Å². The molecule has 1 heterocycles. The number of ether oxygens (including phenoxy) is 2. The van der Waals surface area contributed by atoms with Crippen LogP contribution in [0.2, 0.25) is 0 Å². The zero-order chi connectivity index (χ0) is 22.2. The number of benzene rings is 2. The van der Waals surface area contributed by atoms with E-state index in [4.69, 9.17) is 9.47 Å². The van der Waals surface area contributed by atoms with E-state index in [0.717, 1.165) is 30.0 Å². The van der Waals surface area contributed by atoms with Crippen LogP contribution in [0.25, 0.3) is 11.3 Å². The predicted molar refractivity (Wildman–Crippen MR) is 124 cm³/mol. The molecule has 2 aromatic carbocycles. The number of anilines is 2. The fraction of sp³-hybridized carbons (Fsp3) is 0.320. The molecule has 4 rings (SSSR count). The molecule has 164 valence electrons. The molecule has 1 aromatic heterocycles. The summed E-state index contributed by atoms with van der Waals surface area (Å²) in [6, 6.07) is 17.8. The highest BCUT2D eigenvalue weighted by molar-refractivity contribution is 5.65. The molecular formula is C25H27N5O2. The molecular weight excluding hydrogens is 402 g/mol. The van der Waals surface area contributed by atoms with Gasteiger partial charge < -0.3 is 20.1 Å². The number of nitrogens with zero attached hydrogens (tertiary/aromatic N) is 3. The van der Waals surface area contributed by atoms with Gasteiger partial charge in [-0.1, -0.05) is 12.1 Å². The van der Waals surface area contributed by atoms with Crippen molar-refractivity contribution in [1.82, 2.24) is 15.3 Å². The van der Waals surface area contributed by atoms with Crippen LogP contribution in [0.15, 0.2) is 54.7 Å².